The molecule has 1 saturated heterocycles. The molecule has 8 nitrogen and oxygen atoms in total. The molecule has 10 heteroatoms. The molecule has 1 aromatic rings. The van der Waals surface area contributed by atoms with Crippen LogP contribution in [0.15, 0.2) is 17.0 Å². The summed E-state index contributed by atoms with van der Waals surface area (Å²) in [7, 11) is -2.96. The summed E-state index contributed by atoms with van der Waals surface area (Å²) in [6.07, 6.45) is 1.19. The molecule has 1 aliphatic heterocycles. The maximum absolute atomic E-state index is 13.8. The van der Waals surface area contributed by atoms with Crippen LogP contribution in [0.5, 0.6) is 5.75 Å². The largest absolute Gasteiger partial charge is 0.488 e. The maximum Gasteiger partial charge on any atom is 0.315 e. The summed E-state index contributed by atoms with van der Waals surface area (Å²) in [5.41, 5.74) is -0.729. The second-order valence-corrected chi connectivity index (χ2v) is 6.57. The summed E-state index contributed by atoms with van der Waals surface area (Å²) >= 11 is 0. The average Bonchev–Trinajstić information content (AvgIpc) is 2.46. The highest BCUT2D eigenvalue weighted by Crippen LogP contribution is 2.32. The van der Waals surface area contributed by atoms with Gasteiger partial charge in [0.15, 0.2) is 5.82 Å². The number of ether oxygens (including phenoxy) is 1. The Balaban J connectivity index is 2.36. The lowest BCUT2D eigenvalue weighted by atomic mass is 10.1. The van der Waals surface area contributed by atoms with Crippen molar-refractivity contribution in [2.75, 3.05) is 20.2 Å². The molecule has 0 amide bonds. The number of hydrogen-bond acceptors (Lipinski definition) is 6. The third-order valence-electron chi connectivity index (χ3n) is 3.37. The molecule has 0 saturated carbocycles. The Morgan fingerprint density at radius 3 is 2.59 bits per heavy atom. The van der Waals surface area contributed by atoms with Crippen molar-refractivity contribution in [3.05, 3.63) is 28.1 Å². The molecule has 22 heavy (non-hydrogen) atoms. The Hall–Kier alpha value is -1.78. The van der Waals surface area contributed by atoms with E-state index < -0.39 is 37.1 Å². The average molecular weight is 333 g/mol. The first-order valence-electron chi connectivity index (χ1n) is 6.60. The van der Waals surface area contributed by atoms with Crippen LogP contribution in [0.3, 0.4) is 0 Å². The molecule has 0 aromatic heterocycles. The Morgan fingerprint density at radius 2 is 2.05 bits per heavy atom. The normalized spacial score (nSPS) is 16.5. The highest BCUT2D eigenvalue weighted by Gasteiger charge is 2.28. The Labute approximate surface area is 126 Å². The predicted octanol–water partition coefficient (Wildman–Crippen LogP) is 0.773. The first-order chi connectivity index (χ1) is 10.3. The smallest absolute Gasteiger partial charge is 0.315 e. The summed E-state index contributed by atoms with van der Waals surface area (Å²) in [4.78, 5) is 9.56. The molecule has 0 aliphatic carbocycles. The maximum atomic E-state index is 13.8. The molecule has 0 atom stereocenters. The van der Waals surface area contributed by atoms with Crippen LogP contribution in [0.1, 0.15) is 12.8 Å². The van der Waals surface area contributed by atoms with Crippen LogP contribution < -0.4 is 14.8 Å². The first kappa shape index (κ1) is 16.6. The van der Waals surface area contributed by atoms with E-state index in [4.69, 9.17) is 0 Å². The van der Waals surface area contributed by atoms with Gasteiger partial charge in [-0.1, -0.05) is 0 Å². The van der Waals surface area contributed by atoms with E-state index in [1.165, 1.54) is 0 Å². The van der Waals surface area contributed by atoms with E-state index in [9.17, 15) is 22.9 Å². The lowest BCUT2D eigenvalue weighted by molar-refractivity contribution is -0.386. The number of piperidine rings is 1. The van der Waals surface area contributed by atoms with E-state index in [1.54, 1.807) is 0 Å². The van der Waals surface area contributed by atoms with E-state index in [0.717, 1.165) is 19.2 Å². The number of rotatable bonds is 5. The van der Waals surface area contributed by atoms with Crippen LogP contribution in [0, 0.1) is 15.9 Å². The van der Waals surface area contributed by atoms with Crippen molar-refractivity contribution in [2.24, 2.45) is 0 Å². The fraction of sp³-hybridized carbons (Fsp3) is 0.500. The Kier molecular flexibility index (Phi) is 4.94. The summed E-state index contributed by atoms with van der Waals surface area (Å²) < 4.78 is 45.4. The van der Waals surface area contributed by atoms with Crippen molar-refractivity contribution in [3.8, 4) is 5.75 Å². The van der Waals surface area contributed by atoms with Crippen LogP contribution in [-0.2, 0) is 10.0 Å². The van der Waals surface area contributed by atoms with E-state index in [-0.39, 0.29) is 6.04 Å². The van der Waals surface area contributed by atoms with E-state index in [1.807, 2.05) is 0 Å². The van der Waals surface area contributed by atoms with Crippen LogP contribution >= 0.6 is 0 Å². The number of hydrogen-bond donors (Lipinski definition) is 2. The van der Waals surface area contributed by atoms with E-state index in [0.29, 0.717) is 25.9 Å². The van der Waals surface area contributed by atoms with Gasteiger partial charge in [0.05, 0.1) is 16.9 Å². The minimum Gasteiger partial charge on any atom is -0.488 e. The topological polar surface area (TPSA) is 111 Å². The fourth-order valence-electron chi connectivity index (χ4n) is 2.27. The highest BCUT2D eigenvalue weighted by atomic mass is 32.2. The van der Waals surface area contributed by atoms with Crippen molar-refractivity contribution in [1.82, 2.24) is 10.0 Å². The third-order valence-corrected chi connectivity index (χ3v) is 4.87. The minimum absolute atomic E-state index is 0.282. The summed E-state index contributed by atoms with van der Waals surface area (Å²) in [5.74, 6) is -1.69. The van der Waals surface area contributed by atoms with Gasteiger partial charge in [0.1, 0.15) is 0 Å². The lowest BCUT2D eigenvalue weighted by Gasteiger charge is -2.23. The van der Waals surface area contributed by atoms with Gasteiger partial charge >= 0.3 is 5.69 Å². The van der Waals surface area contributed by atoms with Gasteiger partial charge in [0, 0.05) is 12.1 Å². The summed E-state index contributed by atoms with van der Waals surface area (Å²) in [6, 6.07) is 1.23. The highest BCUT2D eigenvalue weighted by molar-refractivity contribution is 7.89. The zero-order chi connectivity index (χ0) is 16.3. The second kappa shape index (κ2) is 6.55. The SMILES string of the molecule is COc1c(F)cc(S(=O)(=O)NC2CCNCC2)cc1[N+](=O)[O-]. The van der Waals surface area contributed by atoms with E-state index >= 15 is 0 Å². The fourth-order valence-corrected chi connectivity index (χ4v) is 3.61. The Morgan fingerprint density at radius 1 is 1.41 bits per heavy atom. The zero-order valence-corrected chi connectivity index (χ0v) is 12.7. The standard InChI is InChI=1S/C12H16FN3O5S/c1-21-12-10(13)6-9(7-11(12)16(17)18)22(19,20)15-8-2-4-14-5-3-8/h6-8,14-15H,2-5H2,1H3. The van der Waals surface area contributed by atoms with Crippen LogP contribution in [0.4, 0.5) is 10.1 Å². The molecule has 1 aliphatic rings. The monoisotopic (exact) mass is 333 g/mol. The Bertz CT molecular complexity index is 674. The van der Waals surface area contributed by atoms with Gasteiger partial charge in [-0.25, -0.2) is 17.5 Å². The molecule has 0 bridgehead atoms. The molecule has 2 rings (SSSR count). The number of sulfonamides is 1. The van der Waals surface area contributed by atoms with Gasteiger partial charge in [0.25, 0.3) is 0 Å². The van der Waals surface area contributed by atoms with Gasteiger partial charge < -0.3 is 10.1 Å². The van der Waals surface area contributed by atoms with Crippen molar-refractivity contribution >= 4 is 15.7 Å². The second-order valence-electron chi connectivity index (χ2n) is 4.86. The molecule has 1 fully saturated rings. The molecular formula is C12H16FN3O5S. The molecule has 2 N–H and O–H groups in total. The molecule has 0 unspecified atom stereocenters. The number of methoxy groups -OCH3 is 1. The van der Waals surface area contributed by atoms with Crippen molar-refractivity contribution in [3.63, 3.8) is 0 Å². The molecule has 1 aromatic carbocycles. The lowest BCUT2D eigenvalue weighted by Crippen LogP contribution is -2.42. The van der Waals surface area contributed by atoms with Gasteiger partial charge in [-0.05, 0) is 32.0 Å². The van der Waals surface area contributed by atoms with Crippen molar-refractivity contribution in [1.29, 1.82) is 0 Å². The summed E-state index contributed by atoms with van der Waals surface area (Å²) in [5, 5.41) is 14.0. The van der Waals surface area contributed by atoms with Crippen LogP contribution in [0.2, 0.25) is 0 Å². The van der Waals surface area contributed by atoms with Crippen LogP contribution in [-0.4, -0.2) is 39.6 Å². The third kappa shape index (κ3) is 3.51. The quantitative estimate of drug-likeness (QED) is 0.608. The zero-order valence-electron chi connectivity index (χ0n) is 11.8. The summed E-state index contributed by atoms with van der Waals surface area (Å²) in [6.45, 7) is 1.34. The number of halogens is 1. The predicted molar refractivity (Wildman–Crippen MR) is 75.8 cm³/mol. The molecular weight excluding hydrogens is 317 g/mol. The molecule has 0 spiro atoms. The van der Waals surface area contributed by atoms with Gasteiger partial charge in [0.2, 0.25) is 15.8 Å². The molecule has 1 heterocycles. The minimum atomic E-state index is -4.04. The first-order valence-corrected chi connectivity index (χ1v) is 8.08. The number of benzene rings is 1. The molecule has 0 radical (unpaired) electrons. The van der Waals surface area contributed by atoms with Crippen molar-refractivity contribution in [2.45, 2.75) is 23.8 Å². The van der Waals surface area contributed by atoms with Crippen LogP contribution in [0.25, 0.3) is 0 Å². The van der Waals surface area contributed by atoms with E-state index in [2.05, 4.69) is 14.8 Å². The number of nitro groups is 1. The number of nitro benzene ring substituents is 1. The van der Waals surface area contributed by atoms with Gasteiger partial charge in [-0.3, -0.25) is 10.1 Å². The number of nitrogens with zero attached hydrogens (tertiary/aromatic N) is 1. The molecule has 122 valence electrons. The van der Waals surface area contributed by atoms with Crippen molar-refractivity contribution < 1.29 is 22.5 Å². The van der Waals surface area contributed by atoms with Gasteiger partial charge in [-0.15, -0.1) is 0 Å². The van der Waals surface area contributed by atoms with Gasteiger partial charge in [-0.2, -0.15) is 0 Å². The number of nitrogens with one attached hydrogen (secondary N) is 2.